The quantitative estimate of drug-likeness (QED) is 0.636. The number of hydrogen-bond acceptors (Lipinski definition) is 6. The molecule has 0 aliphatic carbocycles. The third kappa shape index (κ3) is 4.40. The van der Waals surface area contributed by atoms with E-state index >= 15 is 0 Å². The third-order valence-corrected chi connectivity index (χ3v) is 4.59. The molecule has 2 aromatic heterocycles. The van der Waals surface area contributed by atoms with Crippen molar-refractivity contribution in [3.8, 4) is 16.5 Å². The first-order chi connectivity index (χ1) is 12.5. The zero-order chi connectivity index (χ0) is 18.5. The van der Waals surface area contributed by atoms with Crippen LogP contribution in [-0.2, 0) is 11.3 Å². The number of carbonyl (C=O) groups excluding carboxylic acids is 1. The third-order valence-electron chi connectivity index (χ3n) is 3.73. The molecule has 8 heteroatoms. The Kier molecular flexibility index (Phi) is 5.52. The van der Waals surface area contributed by atoms with E-state index in [4.69, 9.17) is 9.15 Å². The van der Waals surface area contributed by atoms with E-state index in [1.165, 1.54) is 16.2 Å². The van der Waals surface area contributed by atoms with Gasteiger partial charge in [-0.25, -0.2) is 4.79 Å². The lowest BCUT2D eigenvalue weighted by Crippen LogP contribution is -2.35. The molecule has 0 spiro atoms. The molecule has 0 saturated carbocycles. The monoisotopic (exact) mass is 373 g/mol. The molecule has 0 radical (unpaired) electrons. The summed E-state index contributed by atoms with van der Waals surface area (Å²) in [5.41, 5.74) is 1.11. The van der Waals surface area contributed by atoms with Crippen LogP contribution < -0.4 is 10.5 Å². The van der Waals surface area contributed by atoms with E-state index in [2.05, 4.69) is 5.10 Å². The lowest BCUT2D eigenvalue weighted by atomic mass is 10.2. The molecule has 0 unspecified atom stereocenters. The van der Waals surface area contributed by atoms with Crippen LogP contribution in [0.2, 0.25) is 0 Å². The van der Waals surface area contributed by atoms with Gasteiger partial charge in [0, 0.05) is 7.05 Å². The molecule has 7 nitrogen and oxygen atoms in total. The standard InChI is InChI=1S/C18H19N3O4S/c1-13-5-3-6-14(11-13)24-9-8-20(2)16(22)12-21-18(23)25-17(19-21)15-7-4-10-26-15/h3-7,10-11H,8-9,12H2,1-2H3. The zero-order valence-electron chi connectivity index (χ0n) is 14.5. The molecule has 26 heavy (non-hydrogen) atoms. The maximum Gasteiger partial charge on any atom is 0.437 e. The normalized spacial score (nSPS) is 10.7. The maximum absolute atomic E-state index is 12.3. The Hall–Kier alpha value is -2.87. The van der Waals surface area contributed by atoms with Crippen molar-refractivity contribution in [2.75, 3.05) is 20.2 Å². The minimum Gasteiger partial charge on any atom is -0.492 e. The summed E-state index contributed by atoms with van der Waals surface area (Å²) in [6.07, 6.45) is 0. The molecule has 3 rings (SSSR count). The summed E-state index contributed by atoms with van der Waals surface area (Å²) in [5.74, 6) is 0.0968. The van der Waals surface area contributed by atoms with Gasteiger partial charge in [0.1, 0.15) is 18.9 Å². The molecule has 136 valence electrons. The van der Waals surface area contributed by atoms with Crippen LogP contribution in [0, 0.1) is 6.92 Å². The van der Waals surface area contributed by atoms with E-state index in [-0.39, 0.29) is 18.3 Å². The van der Waals surface area contributed by atoms with Gasteiger partial charge in [-0.05, 0) is 36.1 Å². The number of thiophene rings is 1. The molecule has 0 N–H and O–H groups in total. The second-order valence-corrected chi connectivity index (χ2v) is 6.74. The average Bonchev–Trinajstić information content (AvgIpc) is 3.25. The minimum atomic E-state index is -0.647. The van der Waals surface area contributed by atoms with E-state index in [1.807, 2.05) is 42.6 Å². The fourth-order valence-corrected chi connectivity index (χ4v) is 2.93. The number of carbonyl (C=O) groups is 1. The summed E-state index contributed by atoms with van der Waals surface area (Å²) in [6.45, 7) is 2.58. The van der Waals surface area contributed by atoms with Gasteiger partial charge in [0.15, 0.2) is 0 Å². The predicted octanol–water partition coefficient (Wildman–Crippen LogP) is 2.41. The molecular weight excluding hydrogens is 354 g/mol. The number of amides is 1. The first-order valence-corrected chi connectivity index (χ1v) is 8.96. The highest BCUT2D eigenvalue weighted by atomic mass is 32.1. The number of benzene rings is 1. The number of rotatable bonds is 7. The molecule has 0 fully saturated rings. The number of aryl methyl sites for hydroxylation is 1. The lowest BCUT2D eigenvalue weighted by molar-refractivity contribution is -0.131. The smallest absolute Gasteiger partial charge is 0.437 e. The van der Waals surface area contributed by atoms with Gasteiger partial charge < -0.3 is 14.1 Å². The Morgan fingerprint density at radius 1 is 1.35 bits per heavy atom. The van der Waals surface area contributed by atoms with E-state index in [0.717, 1.165) is 20.9 Å². The predicted molar refractivity (Wildman–Crippen MR) is 98.4 cm³/mol. The highest BCUT2D eigenvalue weighted by Gasteiger charge is 2.16. The van der Waals surface area contributed by atoms with Crippen LogP contribution in [0.3, 0.4) is 0 Å². The van der Waals surface area contributed by atoms with Crippen LogP contribution in [0.15, 0.2) is 51.0 Å². The van der Waals surface area contributed by atoms with Crippen LogP contribution in [0.4, 0.5) is 0 Å². The van der Waals surface area contributed by atoms with Crippen LogP contribution in [0.1, 0.15) is 5.56 Å². The summed E-state index contributed by atoms with van der Waals surface area (Å²) in [6, 6.07) is 11.4. The van der Waals surface area contributed by atoms with Gasteiger partial charge >= 0.3 is 5.76 Å². The Balaban J connectivity index is 1.53. The molecule has 1 aromatic carbocycles. The van der Waals surface area contributed by atoms with E-state index < -0.39 is 5.76 Å². The summed E-state index contributed by atoms with van der Waals surface area (Å²) in [7, 11) is 1.66. The zero-order valence-corrected chi connectivity index (χ0v) is 15.4. The van der Waals surface area contributed by atoms with E-state index in [0.29, 0.717) is 13.2 Å². The summed E-state index contributed by atoms with van der Waals surface area (Å²) in [5, 5.41) is 5.94. The van der Waals surface area contributed by atoms with Crippen LogP contribution in [0.5, 0.6) is 5.75 Å². The van der Waals surface area contributed by atoms with Crippen molar-refractivity contribution >= 4 is 17.2 Å². The topological polar surface area (TPSA) is 77.6 Å². The van der Waals surface area contributed by atoms with Crippen molar-refractivity contribution in [3.63, 3.8) is 0 Å². The SMILES string of the molecule is Cc1cccc(OCCN(C)C(=O)Cn2nc(-c3cccs3)oc2=O)c1. The van der Waals surface area contributed by atoms with Crippen molar-refractivity contribution in [3.05, 3.63) is 57.9 Å². The van der Waals surface area contributed by atoms with E-state index in [1.54, 1.807) is 13.1 Å². The summed E-state index contributed by atoms with van der Waals surface area (Å²) < 4.78 is 11.8. The van der Waals surface area contributed by atoms with Crippen molar-refractivity contribution in [1.29, 1.82) is 0 Å². The van der Waals surface area contributed by atoms with Gasteiger partial charge in [0.2, 0.25) is 5.91 Å². The minimum absolute atomic E-state index is 0.172. The highest BCUT2D eigenvalue weighted by Crippen LogP contribution is 2.21. The molecule has 0 bridgehead atoms. The fourth-order valence-electron chi connectivity index (χ4n) is 2.29. The maximum atomic E-state index is 12.3. The molecule has 1 amide bonds. The lowest BCUT2D eigenvalue weighted by Gasteiger charge is -2.17. The number of nitrogens with zero attached hydrogens (tertiary/aromatic N) is 3. The van der Waals surface area contributed by atoms with Gasteiger partial charge in [-0.3, -0.25) is 4.79 Å². The van der Waals surface area contributed by atoms with Gasteiger partial charge in [-0.1, -0.05) is 18.2 Å². The fraction of sp³-hybridized carbons (Fsp3) is 0.278. The number of hydrogen-bond donors (Lipinski definition) is 0. The van der Waals surface area contributed by atoms with Crippen molar-refractivity contribution in [2.24, 2.45) is 0 Å². The second-order valence-electron chi connectivity index (χ2n) is 5.79. The first kappa shape index (κ1) is 17.9. The van der Waals surface area contributed by atoms with Crippen LogP contribution >= 0.6 is 11.3 Å². The Morgan fingerprint density at radius 3 is 2.92 bits per heavy atom. The summed E-state index contributed by atoms with van der Waals surface area (Å²) >= 11 is 1.41. The Bertz CT molecular complexity index is 930. The number of likely N-dealkylation sites (N-methyl/N-ethyl adjacent to an activating group) is 1. The molecule has 0 saturated heterocycles. The Labute approximate surface area is 154 Å². The van der Waals surface area contributed by atoms with Gasteiger partial charge in [-0.15, -0.1) is 16.4 Å². The van der Waals surface area contributed by atoms with Crippen molar-refractivity contribution in [1.82, 2.24) is 14.7 Å². The molecule has 0 atom stereocenters. The van der Waals surface area contributed by atoms with Crippen LogP contribution in [-0.4, -0.2) is 40.8 Å². The average molecular weight is 373 g/mol. The van der Waals surface area contributed by atoms with E-state index in [9.17, 15) is 9.59 Å². The highest BCUT2D eigenvalue weighted by molar-refractivity contribution is 7.13. The number of aromatic nitrogens is 2. The molecule has 0 aliphatic heterocycles. The summed E-state index contributed by atoms with van der Waals surface area (Å²) in [4.78, 5) is 26.4. The Morgan fingerprint density at radius 2 is 2.19 bits per heavy atom. The number of ether oxygens (including phenoxy) is 1. The molecular formula is C18H19N3O4S. The van der Waals surface area contributed by atoms with Gasteiger partial charge in [0.05, 0.1) is 11.4 Å². The van der Waals surface area contributed by atoms with Crippen molar-refractivity contribution in [2.45, 2.75) is 13.5 Å². The van der Waals surface area contributed by atoms with Crippen LogP contribution in [0.25, 0.3) is 10.8 Å². The van der Waals surface area contributed by atoms with Crippen molar-refractivity contribution < 1.29 is 13.9 Å². The first-order valence-electron chi connectivity index (χ1n) is 8.08. The largest absolute Gasteiger partial charge is 0.492 e. The van der Waals surface area contributed by atoms with Gasteiger partial charge in [0.25, 0.3) is 5.89 Å². The molecule has 2 heterocycles. The van der Waals surface area contributed by atoms with Gasteiger partial charge in [-0.2, -0.15) is 4.68 Å². The second kappa shape index (κ2) is 8.01. The molecule has 3 aromatic rings. The molecule has 0 aliphatic rings.